The van der Waals surface area contributed by atoms with Crippen molar-refractivity contribution in [3.8, 4) is 5.75 Å². The lowest BCUT2D eigenvalue weighted by Crippen LogP contribution is -2.19. The van der Waals surface area contributed by atoms with Crippen LogP contribution >= 0.6 is 27.3 Å². The summed E-state index contributed by atoms with van der Waals surface area (Å²) in [7, 11) is 0. The number of para-hydroxylation sites is 1. The number of aromatic hydroxyl groups is 1. The Morgan fingerprint density at radius 1 is 1.14 bits per heavy atom. The molecule has 0 aliphatic rings. The standard InChI is InChI=1S/C18H15BrN6O3S/c19-12-6-7-14(26)11(8-12)10-20-23-15(27)9-16-24-25-18(29-16)22-17(28)21-13-4-2-1-3-5-13/h1-8,10,26H,9H2,(H,23,27)(H2,21,22,25,28)/b20-10-. The van der Waals surface area contributed by atoms with Gasteiger partial charge in [-0.25, -0.2) is 10.2 Å². The van der Waals surface area contributed by atoms with Gasteiger partial charge in [0, 0.05) is 15.7 Å². The lowest BCUT2D eigenvalue weighted by molar-refractivity contribution is -0.120. The Kier molecular flexibility index (Phi) is 6.87. The van der Waals surface area contributed by atoms with Crippen molar-refractivity contribution in [1.82, 2.24) is 15.6 Å². The van der Waals surface area contributed by atoms with Crippen LogP contribution in [-0.2, 0) is 11.2 Å². The third-order valence-electron chi connectivity index (χ3n) is 3.41. The first-order chi connectivity index (χ1) is 14.0. The maximum atomic E-state index is 12.0. The van der Waals surface area contributed by atoms with E-state index >= 15 is 0 Å². The molecular weight excluding hydrogens is 460 g/mol. The van der Waals surface area contributed by atoms with E-state index in [1.165, 1.54) is 12.3 Å². The summed E-state index contributed by atoms with van der Waals surface area (Å²) in [6.45, 7) is 0. The number of aromatic nitrogens is 2. The number of carbonyl (C=O) groups excluding carboxylic acids is 2. The highest BCUT2D eigenvalue weighted by Crippen LogP contribution is 2.20. The van der Waals surface area contributed by atoms with Crippen molar-refractivity contribution < 1.29 is 14.7 Å². The van der Waals surface area contributed by atoms with Gasteiger partial charge in [0.15, 0.2) is 0 Å². The van der Waals surface area contributed by atoms with Gasteiger partial charge in [0.05, 0.1) is 12.6 Å². The number of benzene rings is 2. The van der Waals surface area contributed by atoms with E-state index in [0.29, 0.717) is 16.3 Å². The molecule has 0 radical (unpaired) electrons. The second kappa shape index (κ2) is 9.75. The van der Waals surface area contributed by atoms with Gasteiger partial charge in [0.25, 0.3) is 0 Å². The molecule has 0 bridgehead atoms. The Bertz CT molecular complexity index is 1040. The number of nitrogens with zero attached hydrogens (tertiary/aromatic N) is 3. The van der Waals surface area contributed by atoms with E-state index in [1.807, 2.05) is 6.07 Å². The van der Waals surface area contributed by atoms with Crippen LogP contribution in [-0.4, -0.2) is 33.5 Å². The average Bonchev–Trinajstić information content (AvgIpc) is 3.11. The minimum atomic E-state index is -0.457. The predicted octanol–water partition coefficient (Wildman–Crippen LogP) is 3.34. The molecule has 9 nitrogen and oxygen atoms in total. The second-order valence-corrected chi connectivity index (χ2v) is 7.60. The van der Waals surface area contributed by atoms with Crippen LogP contribution in [0.25, 0.3) is 0 Å². The monoisotopic (exact) mass is 474 g/mol. The minimum Gasteiger partial charge on any atom is -0.507 e. The van der Waals surface area contributed by atoms with E-state index in [4.69, 9.17) is 0 Å². The largest absolute Gasteiger partial charge is 0.507 e. The summed E-state index contributed by atoms with van der Waals surface area (Å²) in [6.07, 6.45) is 1.28. The lowest BCUT2D eigenvalue weighted by atomic mass is 10.2. The molecule has 0 aliphatic carbocycles. The van der Waals surface area contributed by atoms with Crippen LogP contribution in [0.3, 0.4) is 0 Å². The number of amides is 3. The quantitative estimate of drug-likeness (QED) is 0.321. The molecule has 0 atom stereocenters. The lowest BCUT2D eigenvalue weighted by Gasteiger charge is -2.03. The number of phenols is 1. The van der Waals surface area contributed by atoms with Gasteiger partial charge in [-0.3, -0.25) is 10.1 Å². The van der Waals surface area contributed by atoms with Gasteiger partial charge in [-0.15, -0.1) is 10.2 Å². The SMILES string of the molecule is O=C(Cc1nnc(NC(=O)Nc2ccccc2)s1)N/N=C\c1cc(Br)ccc1O. The van der Waals surface area contributed by atoms with Gasteiger partial charge >= 0.3 is 6.03 Å². The number of hydrogen-bond acceptors (Lipinski definition) is 7. The molecule has 1 aromatic heterocycles. The van der Waals surface area contributed by atoms with E-state index in [2.05, 4.69) is 47.3 Å². The number of phenolic OH excluding ortho intramolecular Hbond substituents is 1. The van der Waals surface area contributed by atoms with Crippen LogP contribution in [0.15, 0.2) is 58.1 Å². The normalized spacial score (nSPS) is 10.7. The zero-order valence-electron chi connectivity index (χ0n) is 14.8. The predicted molar refractivity (Wildman–Crippen MR) is 114 cm³/mol. The zero-order chi connectivity index (χ0) is 20.6. The summed E-state index contributed by atoms with van der Waals surface area (Å²) in [6, 6.07) is 13.4. The Balaban J connectivity index is 1.49. The molecule has 0 unspecified atom stereocenters. The number of hydrazone groups is 1. The summed E-state index contributed by atoms with van der Waals surface area (Å²) >= 11 is 4.37. The summed E-state index contributed by atoms with van der Waals surface area (Å²) < 4.78 is 0.772. The smallest absolute Gasteiger partial charge is 0.325 e. The molecule has 0 fully saturated rings. The maximum absolute atomic E-state index is 12.0. The molecule has 0 saturated heterocycles. The van der Waals surface area contributed by atoms with Gasteiger partial charge < -0.3 is 10.4 Å². The van der Waals surface area contributed by atoms with Crippen LogP contribution < -0.4 is 16.1 Å². The fraction of sp³-hybridized carbons (Fsp3) is 0.0556. The first kappa shape index (κ1) is 20.4. The average molecular weight is 475 g/mol. The molecule has 4 N–H and O–H groups in total. The van der Waals surface area contributed by atoms with Gasteiger partial charge in [0.2, 0.25) is 11.0 Å². The summed E-state index contributed by atoms with van der Waals surface area (Å²) in [5, 5.41) is 27.2. The Morgan fingerprint density at radius 3 is 2.72 bits per heavy atom. The van der Waals surface area contributed by atoms with Crippen molar-refractivity contribution in [3.05, 3.63) is 63.6 Å². The zero-order valence-corrected chi connectivity index (χ0v) is 17.2. The molecule has 3 aromatic rings. The van der Waals surface area contributed by atoms with Gasteiger partial charge in [-0.1, -0.05) is 45.5 Å². The van der Waals surface area contributed by atoms with Crippen molar-refractivity contribution in [2.45, 2.75) is 6.42 Å². The third-order valence-corrected chi connectivity index (χ3v) is 4.75. The summed E-state index contributed by atoms with van der Waals surface area (Å²) in [5.74, 6) is -0.369. The van der Waals surface area contributed by atoms with E-state index in [0.717, 1.165) is 15.8 Å². The fourth-order valence-electron chi connectivity index (χ4n) is 2.14. The molecule has 0 spiro atoms. The highest BCUT2D eigenvalue weighted by Gasteiger charge is 2.11. The minimum absolute atomic E-state index is 0.0415. The Labute approximate surface area is 178 Å². The van der Waals surface area contributed by atoms with Crippen molar-refractivity contribution in [1.29, 1.82) is 0 Å². The van der Waals surface area contributed by atoms with Crippen LogP contribution in [0.2, 0.25) is 0 Å². The number of urea groups is 1. The van der Waals surface area contributed by atoms with E-state index < -0.39 is 11.9 Å². The first-order valence-electron chi connectivity index (χ1n) is 8.25. The van der Waals surface area contributed by atoms with E-state index in [1.54, 1.807) is 36.4 Å². The van der Waals surface area contributed by atoms with Gasteiger partial charge in [0.1, 0.15) is 10.8 Å². The first-order valence-corrected chi connectivity index (χ1v) is 9.86. The van der Waals surface area contributed by atoms with Crippen LogP contribution in [0.4, 0.5) is 15.6 Å². The molecule has 29 heavy (non-hydrogen) atoms. The maximum Gasteiger partial charge on any atom is 0.325 e. The second-order valence-electron chi connectivity index (χ2n) is 5.62. The highest BCUT2D eigenvalue weighted by atomic mass is 79.9. The Hall–Kier alpha value is -3.31. The van der Waals surface area contributed by atoms with Gasteiger partial charge in [-0.2, -0.15) is 5.10 Å². The molecular formula is C18H15BrN6O3S. The molecule has 1 heterocycles. The number of anilines is 2. The van der Waals surface area contributed by atoms with Crippen molar-refractivity contribution >= 4 is 56.2 Å². The van der Waals surface area contributed by atoms with E-state index in [-0.39, 0.29) is 17.3 Å². The molecule has 11 heteroatoms. The van der Waals surface area contributed by atoms with Gasteiger partial charge in [-0.05, 0) is 30.3 Å². The molecule has 148 valence electrons. The molecule has 0 saturated carbocycles. The van der Waals surface area contributed by atoms with Crippen LogP contribution in [0, 0.1) is 0 Å². The molecule has 3 rings (SSSR count). The number of rotatable bonds is 6. The number of nitrogens with one attached hydrogen (secondary N) is 3. The Morgan fingerprint density at radius 2 is 1.93 bits per heavy atom. The van der Waals surface area contributed by atoms with E-state index in [9.17, 15) is 14.7 Å². The fourth-order valence-corrected chi connectivity index (χ4v) is 3.25. The van der Waals surface area contributed by atoms with Crippen molar-refractivity contribution in [3.63, 3.8) is 0 Å². The molecule has 0 aliphatic heterocycles. The third kappa shape index (κ3) is 6.36. The highest BCUT2D eigenvalue weighted by molar-refractivity contribution is 9.10. The molecule has 2 aromatic carbocycles. The van der Waals surface area contributed by atoms with Crippen molar-refractivity contribution in [2.75, 3.05) is 10.6 Å². The summed E-state index contributed by atoms with van der Waals surface area (Å²) in [5.41, 5.74) is 3.44. The molecule has 3 amide bonds. The van der Waals surface area contributed by atoms with Crippen molar-refractivity contribution in [2.24, 2.45) is 5.10 Å². The number of carbonyl (C=O) groups is 2. The number of halogens is 1. The van der Waals surface area contributed by atoms with Crippen LogP contribution in [0.1, 0.15) is 10.6 Å². The van der Waals surface area contributed by atoms with Crippen LogP contribution in [0.5, 0.6) is 5.75 Å². The topological polar surface area (TPSA) is 129 Å². The number of hydrogen-bond donors (Lipinski definition) is 4. The summed E-state index contributed by atoms with van der Waals surface area (Å²) in [4.78, 5) is 23.9.